The van der Waals surface area contributed by atoms with Crippen LogP contribution in [0.2, 0.25) is 0 Å². The minimum atomic E-state index is -0.129. The number of likely N-dealkylation sites (tertiary alicyclic amines) is 1. The average molecular weight is 323 g/mol. The summed E-state index contributed by atoms with van der Waals surface area (Å²) < 4.78 is 5.18. The lowest BCUT2D eigenvalue weighted by Gasteiger charge is -2.32. The lowest BCUT2D eigenvalue weighted by atomic mass is 9.89. The van der Waals surface area contributed by atoms with Gasteiger partial charge in [0.25, 0.3) is 5.91 Å². The van der Waals surface area contributed by atoms with E-state index in [-0.39, 0.29) is 17.6 Å². The molecular weight excluding hydrogens is 302 g/mol. The zero-order valence-electron chi connectivity index (χ0n) is 13.8. The Morgan fingerprint density at radius 3 is 2.54 bits per heavy atom. The predicted octanol–water partition coefficient (Wildman–Crippen LogP) is 3.43. The fraction of sp³-hybridized carbons (Fsp3) is 0.300. The molecule has 0 bridgehead atoms. The second-order valence-electron chi connectivity index (χ2n) is 6.05. The van der Waals surface area contributed by atoms with Crippen molar-refractivity contribution in [2.45, 2.75) is 12.8 Å². The van der Waals surface area contributed by atoms with Crippen LogP contribution in [0.4, 0.5) is 0 Å². The van der Waals surface area contributed by atoms with Crippen molar-refractivity contribution < 1.29 is 14.3 Å². The highest BCUT2D eigenvalue weighted by Crippen LogP contribution is 2.23. The van der Waals surface area contributed by atoms with Gasteiger partial charge in [-0.1, -0.05) is 36.4 Å². The van der Waals surface area contributed by atoms with E-state index >= 15 is 0 Å². The number of Topliss-reactive ketones (excluding diaryl/α,β-unsaturated/α-hetero) is 1. The van der Waals surface area contributed by atoms with Gasteiger partial charge in [0.2, 0.25) is 0 Å². The summed E-state index contributed by atoms with van der Waals surface area (Å²) in [5.41, 5.74) is 1.32. The molecule has 0 spiro atoms. The fourth-order valence-electron chi connectivity index (χ4n) is 3.15. The Morgan fingerprint density at radius 2 is 1.79 bits per heavy atom. The Balaban J connectivity index is 1.73. The van der Waals surface area contributed by atoms with Crippen LogP contribution < -0.4 is 4.74 Å². The highest BCUT2D eigenvalue weighted by Gasteiger charge is 2.29. The molecule has 0 aliphatic carbocycles. The maximum Gasteiger partial charge on any atom is 0.254 e. The van der Waals surface area contributed by atoms with Crippen LogP contribution in [0.25, 0.3) is 0 Å². The number of amides is 1. The molecule has 24 heavy (non-hydrogen) atoms. The largest absolute Gasteiger partial charge is 0.497 e. The molecule has 1 heterocycles. The van der Waals surface area contributed by atoms with Crippen molar-refractivity contribution in [3.63, 3.8) is 0 Å². The van der Waals surface area contributed by atoms with E-state index in [4.69, 9.17) is 4.74 Å². The van der Waals surface area contributed by atoms with E-state index in [1.807, 2.05) is 42.5 Å². The first-order valence-corrected chi connectivity index (χ1v) is 8.21. The van der Waals surface area contributed by atoms with E-state index < -0.39 is 0 Å². The molecule has 1 fully saturated rings. The van der Waals surface area contributed by atoms with Crippen LogP contribution in [0.1, 0.15) is 33.6 Å². The van der Waals surface area contributed by atoms with Gasteiger partial charge < -0.3 is 9.64 Å². The summed E-state index contributed by atoms with van der Waals surface area (Å²) in [6.45, 7) is 1.17. The summed E-state index contributed by atoms with van der Waals surface area (Å²) >= 11 is 0. The number of methoxy groups -OCH3 is 1. The predicted molar refractivity (Wildman–Crippen MR) is 92.4 cm³/mol. The van der Waals surface area contributed by atoms with Crippen LogP contribution >= 0.6 is 0 Å². The third-order valence-corrected chi connectivity index (χ3v) is 4.45. The van der Waals surface area contributed by atoms with Crippen molar-refractivity contribution in [3.05, 3.63) is 65.7 Å². The Labute approximate surface area is 142 Å². The van der Waals surface area contributed by atoms with Gasteiger partial charge in [0.15, 0.2) is 5.78 Å². The minimum absolute atomic E-state index is 0.0422. The second kappa shape index (κ2) is 7.30. The van der Waals surface area contributed by atoms with Crippen LogP contribution in [0.15, 0.2) is 54.6 Å². The zero-order valence-corrected chi connectivity index (χ0v) is 13.8. The normalized spacial score (nSPS) is 17.4. The summed E-state index contributed by atoms with van der Waals surface area (Å²) in [5.74, 6) is 0.615. The van der Waals surface area contributed by atoms with Crippen molar-refractivity contribution in [1.82, 2.24) is 4.90 Å². The molecular formula is C20H21NO3. The number of piperidine rings is 1. The molecule has 4 nitrogen and oxygen atoms in total. The molecule has 0 saturated carbocycles. The number of rotatable bonds is 4. The molecule has 1 aliphatic heterocycles. The van der Waals surface area contributed by atoms with E-state index in [1.54, 1.807) is 24.1 Å². The number of benzene rings is 2. The maximum atomic E-state index is 12.7. The quantitative estimate of drug-likeness (QED) is 0.810. The van der Waals surface area contributed by atoms with Gasteiger partial charge in [-0.3, -0.25) is 9.59 Å². The van der Waals surface area contributed by atoms with Crippen LogP contribution in [-0.2, 0) is 0 Å². The minimum Gasteiger partial charge on any atom is -0.497 e. The Kier molecular flexibility index (Phi) is 4.94. The Hall–Kier alpha value is -2.62. The summed E-state index contributed by atoms with van der Waals surface area (Å²) in [6.07, 6.45) is 1.68. The van der Waals surface area contributed by atoms with Gasteiger partial charge in [0.1, 0.15) is 5.75 Å². The van der Waals surface area contributed by atoms with Gasteiger partial charge in [0.05, 0.1) is 7.11 Å². The summed E-state index contributed by atoms with van der Waals surface area (Å²) in [7, 11) is 1.58. The molecule has 2 aromatic carbocycles. The average Bonchev–Trinajstić information content (AvgIpc) is 2.67. The molecule has 2 aromatic rings. The zero-order chi connectivity index (χ0) is 16.9. The molecule has 1 amide bonds. The van der Waals surface area contributed by atoms with Crippen molar-refractivity contribution in [3.8, 4) is 5.75 Å². The Bertz CT molecular complexity index is 727. The number of carbonyl (C=O) groups excluding carboxylic acids is 2. The van der Waals surface area contributed by atoms with Gasteiger partial charge in [-0.2, -0.15) is 0 Å². The van der Waals surface area contributed by atoms with Crippen molar-refractivity contribution in [1.29, 1.82) is 0 Å². The highest BCUT2D eigenvalue weighted by molar-refractivity contribution is 5.99. The molecule has 1 aliphatic rings. The Morgan fingerprint density at radius 1 is 1.04 bits per heavy atom. The second-order valence-corrected chi connectivity index (χ2v) is 6.05. The van der Waals surface area contributed by atoms with E-state index in [0.29, 0.717) is 24.4 Å². The number of carbonyl (C=O) groups is 2. The van der Waals surface area contributed by atoms with Crippen LogP contribution in [0.5, 0.6) is 5.75 Å². The first-order chi connectivity index (χ1) is 11.7. The number of hydrogen-bond acceptors (Lipinski definition) is 3. The lowest BCUT2D eigenvalue weighted by molar-refractivity contribution is 0.0636. The van der Waals surface area contributed by atoms with Gasteiger partial charge in [-0.15, -0.1) is 0 Å². The van der Waals surface area contributed by atoms with E-state index in [1.165, 1.54) is 0 Å². The maximum absolute atomic E-state index is 12.7. The summed E-state index contributed by atoms with van der Waals surface area (Å²) in [6, 6.07) is 16.5. The first kappa shape index (κ1) is 16.2. The van der Waals surface area contributed by atoms with E-state index in [2.05, 4.69) is 0 Å². The SMILES string of the molecule is COc1cccc(C(=O)N2CCCC(C(=O)c3ccccc3)C2)c1. The highest BCUT2D eigenvalue weighted by atomic mass is 16.5. The molecule has 1 saturated heterocycles. The number of hydrogen-bond donors (Lipinski definition) is 0. The fourth-order valence-corrected chi connectivity index (χ4v) is 3.15. The molecule has 0 aromatic heterocycles. The molecule has 0 radical (unpaired) electrons. The van der Waals surface area contributed by atoms with E-state index in [9.17, 15) is 9.59 Å². The first-order valence-electron chi connectivity index (χ1n) is 8.21. The molecule has 3 rings (SSSR count). The number of ether oxygens (including phenoxy) is 1. The van der Waals surface area contributed by atoms with Gasteiger partial charge in [0, 0.05) is 30.1 Å². The van der Waals surface area contributed by atoms with Crippen LogP contribution in [-0.4, -0.2) is 36.8 Å². The smallest absolute Gasteiger partial charge is 0.254 e. The van der Waals surface area contributed by atoms with Crippen LogP contribution in [0.3, 0.4) is 0 Å². The molecule has 124 valence electrons. The third-order valence-electron chi connectivity index (χ3n) is 4.45. The molecule has 1 atom stereocenters. The monoisotopic (exact) mass is 323 g/mol. The van der Waals surface area contributed by atoms with Crippen molar-refractivity contribution >= 4 is 11.7 Å². The summed E-state index contributed by atoms with van der Waals surface area (Å²) in [4.78, 5) is 27.2. The van der Waals surface area contributed by atoms with E-state index in [0.717, 1.165) is 18.4 Å². The van der Waals surface area contributed by atoms with Crippen molar-refractivity contribution in [2.75, 3.05) is 20.2 Å². The topological polar surface area (TPSA) is 46.6 Å². The van der Waals surface area contributed by atoms with Gasteiger partial charge in [-0.25, -0.2) is 0 Å². The van der Waals surface area contributed by atoms with Crippen molar-refractivity contribution in [2.24, 2.45) is 5.92 Å². The molecule has 4 heteroatoms. The van der Waals surface area contributed by atoms with Gasteiger partial charge in [-0.05, 0) is 31.0 Å². The number of ketones is 1. The lowest BCUT2D eigenvalue weighted by Crippen LogP contribution is -2.42. The number of nitrogens with zero attached hydrogens (tertiary/aromatic N) is 1. The van der Waals surface area contributed by atoms with Crippen LogP contribution in [0, 0.1) is 5.92 Å². The molecule has 0 N–H and O–H groups in total. The molecule has 1 unspecified atom stereocenters. The van der Waals surface area contributed by atoms with Gasteiger partial charge >= 0.3 is 0 Å². The standard InChI is InChI=1S/C20H21NO3/c1-24-18-11-5-9-16(13-18)20(23)21-12-6-10-17(14-21)19(22)15-7-3-2-4-8-15/h2-5,7-9,11,13,17H,6,10,12,14H2,1H3. The third kappa shape index (κ3) is 3.48. The summed E-state index contributed by atoms with van der Waals surface area (Å²) in [5, 5.41) is 0.